The van der Waals surface area contributed by atoms with Crippen molar-refractivity contribution in [2.24, 2.45) is 0 Å². The lowest BCUT2D eigenvalue weighted by Gasteiger charge is -2.23. The van der Waals surface area contributed by atoms with Crippen LogP contribution >= 0.6 is 11.3 Å². The number of nitrogens with zero attached hydrogens (tertiary/aromatic N) is 2. The quantitative estimate of drug-likeness (QED) is 0.889. The van der Waals surface area contributed by atoms with Gasteiger partial charge in [-0.15, -0.1) is 11.3 Å². The Kier molecular flexibility index (Phi) is 4.20. The molecule has 4 nitrogen and oxygen atoms in total. The van der Waals surface area contributed by atoms with Crippen molar-refractivity contribution in [3.05, 3.63) is 46.3 Å². The number of aromatic nitrogens is 1. The molecule has 21 heavy (non-hydrogen) atoms. The zero-order valence-corrected chi connectivity index (χ0v) is 12.9. The second kappa shape index (κ2) is 6.26. The van der Waals surface area contributed by atoms with E-state index >= 15 is 0 Å². The molecule has 0 aromatic carbocycles. The third-order valence-electron chi connectivity index (χ3n) is 3.54. The van der Waals surface area contributed by atoms with Gasteiger partial charge in [-0.3, -0.25) is 4.79 Å². The van der Waals surface area contributed by atoms with E-state index in [1.54, 1.807) is 17.5 Å². The first-order valence-corrected chi connectivity index (χ1v) is 8.19. The molecule has 1 aliphatic rings. The fourth-order valence-electron chi connectivity index (χ4n) is 2.36. The van der Waals surface area contributed by atoms with Gasteiger partial charge >= 0.3 is 0 Å². The lowest BCUT2D eigenvalue weighted by molar-refractivity contribution is 0.0732. The number of anilines is 1. The van der Waals surface area contributed by atoms with Gasteiger partial charge in [-0.2, -0.15) is 0 Å². The maximum Gasteiger partial charge on any atom is 0.258 e. The predicted octanol–water partition coefficient (Wildman–Crippen LogP) is 3.38. The Balaban J connectivity index is 1.84. The Bertz CT molecular complexity index is 608. The van der Waals surface area contributed by atoms with Crippen LogP contribution in [0.5, 0.6) is 0 Å². The van der Waals surface area contributed by atoms with Crippen LogP contribution in [0.4, 0.5) is 5.82 Å². The molecule has 1 N–H and O–H groups in total. The normalized spacial score (nSPS) is 14.0. The average Bonchev–Trinajstić information content (AvgIpc) is 3.21. The first-order chi connectivity index (χ1) is 10.3. The maximum absolute atomic E-state index is 12.9. The first kappa shape index (κ1) is 14.1. The molecule has 2 aromatic heterocycles. The summed E-state index contributed by atoms with van der Waals surface area (Å²) in [6, 6.07) is 8.18. The minimum absolute atomic E-state index is 0.0787. The van der Waals surface area contributed by atoms with Crippen LogP contribution < -0.4 is 5.32 Å². The average molecular weight is 301 g/mol. The second-order valence-corrected chi connectivity index (χ2v) is 6.21. The molecule has 1 aliphatic carbocycles. The molecule has 0 radical (unpaired) electrons. The van der Waals surface area contributed by atoms with Crippen LogP contribution in [0.25, 0.3) is 0 Å². The molecule has 1 amide bonds. The molecule has 0 spiro atoms. The summed E-state index contributed by atoms with van der Waals surface area (Å²) in [6.45, 7) is 3.46. The van der Waals surface area contributed by atoms with E-state index in [4.69, 9.17) is 0 Å². The van der Waals surface area contributed by atoms with Crippen LogP contribution in [-0.2, 0) is 6.54 Å². The summed E-state index contributed by atoms with van der Waals surface area (Å²) in [6.07, 6.45) is 3.93. The van der Waals surface area contributed by atoms with Gasteiger partial charge in [0.1, 0.15) is 5.82 Å². The predicted molar refractivity (Wildman–Crippen MR) is 85.6 cm³/mol. The molecule has 3 rings (SSSR count). The summed E-state index contributed by atoms with van der Waals surface area (Å²) in [5.41, 5.74) is 0.669. The smallest absolute Gasteiger partial charge is 0.258 e. The van der Waals surface area contributed by atoms with Crippen LogP contribution in [0.2, 0.25) is 0 Å². The van der Waals surface area contributed by atoms with Gasteiger partial charge in [0.2, 0.25) is 0 Å². The van der Waals surface area contributed by atoms with Gasteiger partial charge in [-0.1, -0.05) is 6.07 Å². The molecule has 0 bridgehead atoms. The van der Waals surface area contributed by atoms with Crippen molar-refractivity contribution in [3.63, 3.8) is 0 Å². The van der Waals surface area contributed by atoms with Gasteiger partial charge in [0, 0.05) is 23.7 Å². The number of carbonyl (C=O) groups is 1. The van der Waals surface area contributed by atoms with Gasteiger partial charge in [0.15, 0.2) is 0 Å². The van der Waals surface area contributed by atoms with E-state index in [2.05, 4.69) is 21.7 Å². The molecule has 110 valence electrons. The van der Waals surface area contributed by atoms with Crippen LogP contribution in [0.15, 0.2) is 35.8 Å². The second-order valence-electron chi connectivity index (χ2n) is 5.17. The van der Waals surface area contributed by atoms with E-state index in [0.29, 0.717) is 24.0 Å². The Hall–Kier alpha value is -1.88. The molecule has 0 aliphatic heterocycles. The Morgan fingerprint density at radius 2 is 2.29 bits per heavy atom. The van der Waals surface area contributed by atoms with E-state index in [1.807, 2.05) is 30.0 Å². The Morgan fingerprint density at radius 1 is 1.43 bits per heavy atom. The monoisotopic (exact) mass is 301 g/mol. The minimum Gasteiger partial charge on any atom is -0.370 e. The maximum atomic E-state index is 12.9. The molecule has 2 aromatic rings. The highest BCUT2D eigenvalue weighted by Gasteiger charge is 2.34. The number of pyridine rings is 1. The highest BCUT2D eigenvalue weighted by atomic mass is 32.1. The van der Waals surface area contributed by atoms with Crippen LogP contribution in [-0.4, -0.2) is 28.4 Å². The van der Waals surface area contributed by atoms with E-state index in [0.717, 1.165) is 19.4 Å². The lowest BCUT2D eigenvalue weighted by Crippen LogP contribution is -2.33. The number of thiophene rings is 1. The molecule has 0 saturated heterocycles. The minimum atomic E-state index is 0.0787. The fourth-order valence-corrected chi connectivity index (χ4v) is 3.07. The topological polar surface area (TPSA) is 45.2 Å². The van der Waals surface area contributed by atoms with Gasteiger partial charge in [0.05, 0.1) is 12.1 Å². The number of hydrogen-bond donors (Lipinski definition) is 1. The summed E-state index contributed by atoms with van der Waals surface area (Å²) in [5.74, 6) is 0.761. The van der Waals surface area contributed by atoms with E-state index in [-0.39, 0.29) is 5.91 Å². The summed E-state index contributed by atoms with van der Waals surface area (Å²) in [5, 5.41) is 5.23. The summed E-state index contributed by atoms with van der Waals surface area (Å²) < 4.78 is 0. The van der Waals surface area contributed by atoms with Crippen LogP contribution in [0, 0.1) is 0 Å². The van der Waals surface area contributed by atoms with Crippen molar-refractivity contribution in [1.29, 1.82) is 0 Å². The summed E-state index contributed by atoms with van der Waals surface area (Å²) in [7, 11) is 0. The van der Waals surface area contributed by atoms with Gasteiger partial charge in [-0.25, -0.2) is 4.98 Å². The molecule has 2 heterocycles. The highest BCUT2D eigenvalue weighted by Crippen LogP contribution is 2.31. The number of carbonyl (C=O) groups excluding carboxylic acids is 1. The molecule has 1 saturated carbocycles. The number of hydrogen-bond acceptors (Lipinski definition) is 4. The molecular weight excluding hydrogens is 282 g/mol. The molecule has 0 atom stereocenters. The molecule has 5 heteroatoms. The SMILES string of the molecule is CCNc1ncccc1C(=O)N(Cc1cccs1)C1CC1. The molecular formula is C16H19N3OS. The van der Waals surface area contributed by atoms with E-state index < -0.39 is 0 Å². The molecule has 0 unspecified atom stereocenters. The van der Waals surface area contributed by atoms with E-state index in [9.17, 15) is 4.79 Å². The van der Waals surface area contributed by atoms with Crippen molar-refractivity contribution < 1.29 is 4.79 Å². The van der Waals surface area contributed by atoms with Crippen molar-refractivity contribution in [2.75, 3.05) is 11.9 Å². The lowest BCUT2D eigenvalue weighted by atomic mass is 10.2. The third kappa shape index (κ3) is 3.24. The number of amides is 1. The van der Waals surface area contributed by atoms with Gasteiger partial charge < -0.3 is 10.2 Å². The zero-order valence-electron chi connectivity index (χ0n) is 12.1. The van der Waals surface area contributed by atoms with Gasteiger partial charge in [0.25, 0.3) is 5.91 Å². The number of nitrogens with one attached hydrogen (secondary N) is 1. The Labute approximate surface area is 128 Å². The standard InChI is InChI=1S/C16H19N3OS/c1-2-17-15-14(6-3-9-18-15)16(20)19(12-7-8-12)11-13-5-4-10-21-13/h3-6,9-10,12H,2,7-8,11H2,1H3,(H,17,18). The van der Waals surface area contributed by atoms with E-state index in [1.165, 1.54) is 4.88 Å². The van der Waals surface area contributed by atoms with Gasteiger partial charge in [-0.05, 0) is 43.3 Å². The van der Waals surface area contributed by atoms with Crippen LogP contribution in [0.1, 0.15) is 35.0 Å². The van der Waals surface area contributed by atoms with Crippen molar-refractivity contribution in [3.8, 4) is 0 Å². The third-order valence-corrected chi connectivity index (χ3v) is 4.40. The summed E-state index contributed by atoms with van der Waals surface area (Å²) >= 11 is 1.70. The molecule has 1 fully saturated rings. The first-order valence-electron chi connectivity index (χ1n) is 7.32. The number of rotatable bonds is 6. The zero-order chi connectivity index (χ0) is 14.7. The van der Waals surface area contributed by atoms with Crippen LogP contribution in [0.3, 0.4) is 0 Å². The largest absolute Gasteiger partial charge is 0.370 e. The Morgan fingerprint density at radius 3 is 2.95 bits per heavy atom. The van der Waals surface area contributed by atoms with Crippen molar-refractivity contribution >= 4 is 23.1 Å². The fraction of sp³-hybridized carbons (Fsp3) is 0.375. The summed E-state index contributed by atoms with van der Waals surface area (Å²) in [4.78, 5) is 20.4. The van der Waals surface area contributed by atoms with Crippen molar-refractivity contribution in [2.45, 2.75) is 32.4 Å². The van der Waals surface area contributed by atoms with Crippen molar-refractivity contribution in [1.82, 2.24) is 9.88 Å². The highest BCUT2D eigenvalue weighted by molar-refractivity contribution is 7.09.